The highest BCUT2D eigenvalue weighted by molar-refractivity contribution is 7.80. The van der Waals surface area contributed by atoms with E-state index in [1.54, 1.807) is 4.90 Å². The van der Waals surface area contributed by atoms with E-state index in [4.69, 9.17) is 17.0 Å². The van der Waals surface area contributed by atoms with Gasteiger partial charge in [-0.2, -0.15) is 0 Å². The molecular weight excluding hydrogens is 294 g/mol. The number of thiocarbonyl (C=S) groups is 1. The van der Waals surface area contributed by atoms with Crippen molar-refractivity contribution in [2.24, 2.45) is 0 Å². The largest absolute Gasteiger partial charge is 0.468 e. The Bertz CT molecular complexity index is 672. The summed E-state index contributed by atoms with van der Waals surface area (Å²) in [6, 6.07) is 19.4. The molecule has 2 aromatic rings. The van der Waals surface area contributed by atoms with Crippen LogP contribution in [0.4, 0.5) is 0 Å². The van der Waals surface area contributed by atoms with Crippen LogP contribution in [0.25, 0.3) is 0 Å². The molecule has 0 spiro atoms. The van der Waals surface area contributed by atoms with Gasteiger partial charge in [-0.05, 0) is 30.3 Å². The van der Waals surface area contributed by atoms with Crippen LogP contribution in [-0.2, 0) is 9.53 Å². The Balaban J connectivity index is 1.88. The second kappa shape index (κ2) is 6.28. The molecule has 1 saturated heterocycles. The van der Waals surface area contributed by atoms with Gasteiger partial charge in [0.25, 0.3) is 5.17 Å². The van der Waals surface area contributed by atoms with Crippen LogP contribution >= 0.6 is 12.2 Å². The summed E-state index contributed by atoms with van der Waals surface area (Å²) >= 11 is 5.25. The summed E-state index contributed by atoms with van der Waals surface area (Å²) < 4.78 is 5.48. The molecule has 0 radical (unpaired) electrons. The number of rotatable bonds is 3. The minimum atomic E-state index is -0.257. The normalized spacial score (nSPS) is 18.9. The monoisotopic (exact) mass is 311 g/mol. The molecule has 0 saturated carbocycles. The van der Waals surface area contributed by atoms with Crippen LogP contribution < -0.4 is 0 Å². The maximum atomic E-state index is 12.9. The van der Waals surface area contributed by atoms with Gasteiger partial charge in [0.05, 0.1) is 12.0 Å². The molecule has 2 aromatic carbocycles. The van der Waals surface area contributed by atoms with Gasteiger partial charge in [-0.3, -0.25) is 9.69 Å². The van der Waals surface area contributed by atoms with Crippen LogP contribution in [0.5, 0.6) is 0 Å². The first-order chi connectivity index (χ1) is 10.7. The van der Waals surface area contributed by atoms with Crippen molar-refractivity contribution in [2.45, 2.75) is 18.9 Å². The first-order valence-corrected chi connectivity index (χ1v) is 7.69. The number of nitrogens with zero attached hydrogens (tertiary/aromatic N) is 1. The van der Waals surface area contributed by atoms with Crippen molar-refractivity contribution in [3.8, 4) is 0 Å². The van der Waals surface area contributed by atoms with Crippen LogP contribution in [0.1, 0.15) is 30.0 Å². The molecule has 4 heteroatoms. The van der Waals surface area contributed by atoms with Gasteiger partial charge >= 0.3 is 0 Å². The van der Waals surface area contributed by atoms with Crippen molar-refractivity contribution in [2.75, 3.05) is 6.61 Å². The van der Waals surface area contributed by atoms with E-state index in [0.29, 0.717) is 6.61 Å². The van der Waals surface area contributed by atoms with Gasteiger partial charge in [0.15, 0.2) is 0 Å². The molecule has 1 amide bonds. The van der Waals surface area contributed by atoms with E-state index < -0.39 is 0 Å². The van der Waals surface area contributed by atoms with E-state index in [1.165, 1.54) is 0 Å². The molecule has 3 rings (SSSR count). The zero-order valence-corrected chi connectivity index (χ0v) is 13.1. The molecule has 0 bridgehead atoms. The number of hydrogen-bond acceptors (Lipinski definition) is 3. The lowest BCUT2D eigenvalue weighted by Gasteiger charge is -2.24. The van der Waals surface area contributed by atoms with Crippen molar-refractivity contribution in [3.05, 3.63) is 71.8 Å². The summed E-state index contributed by atoms with van der Waals surface area (Å²) in [6.45, 7) is 2.32. The number of carbonyl (C=O) groups excluding carboxylic acids is 1. The summed E-state index contributed by atoms with van der Waals surface area (Å²) in [6.07, 6.45) is 0. The minimum Gasteiger partial charge on any atom is -0.468 e. The van der Waals surface area contributed by atoms with Gasteiger partial charge in [-0.15, -0.1) is 0 Å². The highest BCUT2D eigenvalue weighted by atomic mass is 32.1. The van der Waals surface area contributed by atoms with Crippen molar-refractivity contribution in [1.29, 1.82) is 0 Å². The van der Waals surface area contributed by atoms with Crippen LogP contribution in [0.3, 0.4) is 0 Å². The zero-order valence-electron chi connectivity index (χ0n) is 12.3. The third kappa shape index (κ3) is 2.74. The van der Waals surface area contributed by atoms with Crippen LogP contribution in [-0.4, -0.2) is 22.6 Å². The fourth-order valence-corrected chi connectivity index (χ4v) is 2.96. The number of amides is 1. The SMILES string of the molecule is C[C@H](C(=O)N1C(=S)OC[C@@H]1c1ccccc1)c1ccccc1. The molecule has 3 nitrogen and oxygen atoms in total. The molecule has 1 heterocycles. The summed E-state index contributed by atoms with van der Waals surface area (Å²) in [5, 5.41) is 0.265. The van der Waals surface area contributed by atoms with E-state index >= 15 is 0 Å². The highest BCUT2D eigenvalue weighted by Crippen LogP contribution is 2.31. The highest BCUT2D eigenvalue weighted by Gasteiger charge is 2.38. The lowest BCUT2D eigenvalue weighted by Crippen LogP contribution is -2.36. The van der Waals surface area contributed by atoms with Crippen molar-refractivity contribution in [3.63, 3.8) is 0 Å². The second-order valence-electron chi connectivity index (χ2n) is 5.34. The second-order valence-corrected chi connectivity index (χ2v) is 5.69. The zero-order chi connectivity index (χ0) is 15.5. The first kappa shape index (κ1) is 14.7. The number of ether oxygens (including phenoxy) is 1. The van der Waals surface area contributed by atoms with Crippen molar-refractivity contribution < 1.29 is 9.53 Å². The predicted octanol–water partition coefficient (Wildman–Crippen LogP) is 3.68. The van der Waals surface area contributed by atoms with E-state index in [0.717, 1.165) is 11.1 Å². The Morgan fingerprint density at radius 1 is 1.14 bits per heavy atom. The molecular formula is C18H17NO2S. The van der Waals surface area contributed by atoms with Crippen LogP contribution in [0.2, 0.25) is 0 Å². The Labute approximate surface area is 135 Å². The molecule has 1 aliphatic rings. The quantitative estimate of drug-likeness (QED) is 0.810. The lowest BCUT2D eigenvalue weighted by molar-refractivity contribution is -0.129. The molecule has 0 N–H and O–H groups in total. The van der Waals surface area contributed by atoms with E-state index in [1.807, 2.05) is 67.6 Å². The summed E-state index contributed by atoms with van der Waals surface area (Å²) in [7, 11) is 0. The third-order valence-corrected chi connectivity index (χ3v) is 4.28. The molecule has 1 fully saturated rings. The fourth-order valence-electron chi connectivity index (χ4n) is 2.68. The molecule has 22 heavy (non-hydrogen) atoms. The third-order valence-electron chi connectivity index (χ3n) is 3.96. The molecule has 2 atom stereocenters. The Kier molecular flexibility index (Phi) is 4.20. The van der Waals surface area contributed by atoms with Gasteiger partial charge < -0.3 is 4.74 Å². The average molecular weight is 311 g/mol. The van der Waals surface area contributed by atoms with Crippen LogP contribution in [0, 0.1) is 0 Å². The summed E-state index contributed by atoms with van der Waals surface area (Å²) in [4.78, 5) is 14.5. The van der Waals surface area contributed by atoms with Crippen LogP contribution in [0.15, 0.2) is 60.7 Å². The van der Waals surface area contributed by atoms with Gasteiger partial charge in [-0.1, -0.05) is 60.7 Å². The Morgan fingerprint density at radius 3 is 2.36 bits per heavy atom. The maximum Gasteiger partial charge on any atom is 0.266 e. The molecule has 112 valence electrons. The lowest BCUT2D eigenvalue weighted by atomic mass is 9.98. The van der Waals surface area contributed by atoms with Gasteiger partial charge in [0, 0.05) is 0 Å². The van der Waals surface area contributed by atoms with E-state index in [2.05, 4.69) is 0 Å². The van der Waals surface area contributed by atoms with Gasteiger partial charge in [0.2, 0.25) is 5.91 Å². The molecule has 0 unspecified atom stereocenters. The standard InChI is InChI=1S/C18H17NO2S/c1-13(14-8-4-2-5-9-14)17(20)19-16(12-21-18(19)22)15-10-6-3-7-11-15/h2-11,13,16H,12H2,1H3/t13-,16+/m0/s1. The summed E-state index contributed by atoms with van der Waals surface area (Å²) in [5.41, 5.74) is 2.02. The predicted molar refractivity (Wildman–Crippen MR) is 89.4 cm³/mol. The van der Waals surface area contributed by atoms with E-state index in [-0.39, 0.29) is 23.0 Å². The fraction of sp³-hybridized carbons (Fsp3) is 0.222. The topological polar surface area (TPSA) is 29.5 Å². The Hall–Kier alpha value is -2.20. The first-order valence-electron chi connectivity index (χ1n) is 7.28. The van der Waals surface area contributed by atoms with Gasteiger partial charge in [-0.25, -0.2) is 0 Å². The van der Waals surface area contributed by atoms with E-state index in [9.17, 15) is 4.79 Å². The van der Waals surface area contributed by atoms with Gasteiger partial charge in [0.1, 0.15) is 6.61 Å². The Morgan fingerprint density at radius 2 is 1.73 bits per heavy atom. The van der Waals surface area contributed by atoms with Crippen molar-refractivity contribution >= 4 is 23.3 Å². The number of benzene rings is 2. The average Bonchev–Trinajstić information content (AvgIpc) is 2.96. The molecule has 1 aliphatic heterocycles. The smallest absolute Gasteiger partial charge is 0.266 e. The number of carbonyl (C=O) groups is 1. The summed E-state index contributed by atoms with van der Waals surface area (Å²) in [5.74, 6) is -0.283. The molecule has 0 aliphatic carbocycles. The van der Waals surface area contributed by atoms with Crippen molar-refractivity contribution in [1.82, 2.24) is 4.90 Å². The minimum absolute atomic E-state index is 0.0254. The maximum absolute atomic E-state index is 12.9. The molecule has 0 aromatic heterocycles. The number of hydrogen-bond donors (Lipinski definition) is 0.